The summed E-state index contributed by atoms with van der Waals surface area (Å²) in [6.07, 6.45) is 0. The summed E-state index contributed by atoms with van der Waals surface area (Å²) in [7, 11) is 0. The van der Waals surface area contributed by atoms with Gasteiger partial charge >= 0.3 is 0 Å². The minimum absolute atomic E-state index is 0.517. The molecular weight excluding hydrogens is 833 g/mol. The molecule has 2 nitrogen and oxygen atoms in total. The minimum atomic E-state index is -0.517. The third kappa shape index (κ3) is 6.80. The number of aromatic nitrogens is 1. The van der Waals surface area contributed by atoms with Gasteiger partial charge in [-0.25, -0.2) is 0 Å². The second kappa shape index (κ2) is 16.7. The van der Waals surface area contributed by atoms with Gasteiger partial charge in [0, 0.05) is 33.4 Å². The van der Waals surface area contributed by atoms with Crippen molar-refractivity contribution < 1.29 is 0 Å². The molecule has 0 radical (unpaired) electrons. The van der Waals surface area contributed by atoms with Gasteiger partial charge in [0.15, 0.2) is 0 Å². The number of fused-ring (bicyclic) bond motifs is 6. The first kappa shape index (κ1) is 40.3. The molecule has 1 aromatic heterocycles. The Bertz CT molecular complexity index is 3780. The monoisotopic (exact) mass is 878 g/mol. The summed E-state index contributed by atoms with van der Waals surface area (Å²) in [5, 5.41) is 6.22. The number of hydrogen-bond acceptors (Lipinski definition) is 1. The van der Waals surface area contributed by atoms with Gasteiger partial charge in [0.05, 0.1) is 16.4 Å². The topological polar surface area (TPSA) is 17.0 Å². The molecule has 324 valence electrons. The highest BCUT2D eigenvalue weighted by Crippen LogP contribution is 2.57. The third-order valence-electron chi connectivity index (χ3n) is 14.3. The summed E-state index contributed by atoms with van der Waals surface area (Å²) in [6, 6.07) is 99.9. The Labute approximate surface area is 403 Å². The fourth-order valence-electron chi connectivity index (χ4n) is 11.1. The normalized spacial score (nSPS) is 12.5. The molecular formula is C67H46N2. The van der Waals surface area contributed by atoms with Crippen LogP contribution < -0.4 is 5.32 Å². The minimum Gasteiger partial charge on any atom is -0.355 e. The molecule has 13 rings (SSSR count). The van der Waals surface area contributed by atoms with E-state index < -0.39 is 5.41 Å². The maximum absolute atomic E-state index is 3.78. The fraction of sp³-hybridized carbons (Fsp3) is 0.0149. The number of nitrogens with one attached hydrogen (secondary N) is 1. The lowest BCUT2D eigenvalue weighted by atomic mass is 9.67. The van der Waals surface area contributed by atoms with Crippen molar-refractivity contribution in [1.82, 2.24) is 4.57 Å². The molecule has 0 fully saturated rings. The Morgan fingerprint density at radius 3 is 1.48 bits per heavy atom. The number of anilines is 2. The van der Waals surface area contributed by atoms with Gasteiger partial charge < -0.3 is 9.88 Å². The standard InChI is InChI=1S/C67H46N2/c1-6-19-46(20-7-1)48-33-37-55(38-34-48)68-64-39-35-51(42-58(64)49-23-10-3-11-24-49)52-36-40-65-60(43-52)61-44-63-59(45-66(61)69(65)56-30-18-25-50(41-56)47-21-8-2-9-22-47)57-31-16-17-32-62(57)67(63,53-26-12-4-13-27-53)54-28-14-5-15-29-54/h1-45,68H. The maximum atomic E-state index is 3.78. The van der Waals surface area contributed by atoms with Crippen LogP contribution in [0.3, 0.4) is 0 Å². The van der Waals surface area contributed by atoms with Crippen LogP contribution in [0.5, 0.6) is 0 Å². The first-order valence-electron chi connectivity index (χ1n) is 23.8. The van der Waals surface area contributed by atoms with Crippen LogP contribution in [-0.4, -0.2) is 4.57 Å². The highest BCUT2D eigenvalue weighted by molar-refractivity contribution is 6.13. The van der Waals surface area contributed by atoms with Gasteiger partial charge in [-0.05, 0) is 133 Å². The molecule has 0 bridgehead atoms. The Morgan fingerprint density at radius 2 is 0.797 bits per heavy atom. The van der Waals surface area contributed by atoms with Crippen LogP contribution in [0.25, 0.3) is 83.1 Å². The second-order valence-electron chi connectivity index (χ2n) is 18.1. The van der Waals surface area contributed by atoms with Gasteiger partial charge in [-0.1, -0.05) is 212 Å². The average molecular weight is 879 g/mol. The quantitative estimate of drug-likeness (QED) is 0.153. The van der Waals surface area contributed by atoms with Crippen LogP contribution in [0.15, 0.2) is 273 Å². The van der Waals surface area contributed by atoms with Gasteiger partial charge in [0.2, 0.25) is 0 Å². The Morgan fingerprint density at radius 1 is 0.290 bits per heavy atom. The Kier molecular flexibility index (Phi) is 9.77. The van der Waals surface area contributed by atoms with Crippen molar-refractivity contribution in [2.24, 2.45) is 0 Å². The van der Waals surface area contributed by atoms with E-state index in [1.54, 1.807) is 0 Å². The summed E-state index contributed by atoms with van der Waals surface area (Å²) in [5.41, 5.74) is 22.1. The lowest BCUT2D eigenvalue weighted by molar-refractivity contribution is 0.769. The Hall–Kier alpha value is -8.98. The number of hydrogen-bond donors (Lipinski definition) is 1. The van der Waals surface area contributed by atoms with Gasteiger partial charge in [-0.15, -0.1) is 0 Å². The van der Waals surface area contributed by atoms with E-state index in [2.05, 4.69) is 283 Å². The van der Waals surface area contributed by atoms with Crippen LogP contribution in [0, 0.1) is 0 Å². The lowest BCUT2D eigenvalue weighted by Gasteiger charge is -2.34. The van der Waals surface area contributed by atoms with Gasteiger partial charge in [-0.3, -0.25) is 0 Å². The summed E-state index contributed by atoms with van der Waals surface area (Å²) < 4.78 is 2.49. The molecule has 1 N–H and O–H groups in total. The molecule has 11 aromatic carbocycles. The number of nitrogens with zero attached hydrogens (tertiary/aromatic N) is 1. The molecule has 0 spiro atoms. The van der Waals surface area contributed by atoms with Crippen molar-refractivity contribution in [2.45, 2.75) is 5.41 Å². The molecule has 0 atom stereocenters. The molecule has 1 heterocycles. The molecule has 2 heteroatoms. The molecule has 12 aromatic rings. The van der Waals surface area contributed by atoms with Gasteiger partial charge in [-0.2, -0.15) is 0 Å². The van der Waals surface area contributed by atoms with Crippen molar-refractivity contribution in [2.75, 3.05) is 5.32 Å². The van der Waals surface area contributed by atoms with Crippen LogP contribution in [0.4, 0.5) is 11.4 Å². The molecule has 0 amide bonds. The van der Waals surface area contributed by atoms with Crippen molar-refractivity contribution in [3.05, 3.63) is 295 Å². The third-order valence-corrected chi connectivity index (χ3v) is 14.3. The van der Waals surface area contributed by atoms with E-state index in [0.29, 0.717) is 0 Å². The van der Waals surface area contributed by atoms with E-state index >= 15 is 0 Å². The van der Waals surface area contributed by atoms with E-state index in [1.165, 1.54) is 77.4 Å². The first-order chi connectivity index (χ1) is 34.2. The van der Waals surface area contributed by atoms with E-state index in [4.69, 9.17) is 0 Å². The van der Waals surface area contributed by atoms with Crippen molar-refractivity contribution >= 4 is 33.2 Å². The summed E-state index contributed by atoms with van der Waals surface area (Å²) in [5.74, 6) is 0. The molecule has 0 aliphatic heterocycles. The maximum Gasteiger partial charge on any atom is 0.0713 e. The molecule has 0 saturated carbocycles. The predicted octanol–water partition coefficient (Wildman–Crippen LogP) is 17.6. The van der Waals surface area contributed by atoms with Gasteiger partial charge in [0.1, 0.15) is 0 Å². The summed E-state index contributed by atoms with van der Waals surface area (Å²) >= 11 is 0. The van der Waals surface area contributed by atoms with Crippen molar-refractivity contribution in [3.8, 4) is 61.3 Å². The van der Waals surface area contributed by atoms with Crippen LogP contribution in [0.2, 0.25) is 0 Å². The lowest BCUT2D eigenvalue weighted by Crippen LogP contribution is -2.28. The van der Waals surface area contributed by atoms with E-state index in [1.807, 2.05) is 0 Å². The van der Waals surface area contributed by atoms with E-state index in [9.17, 15) is 0 Å². The van der Waals surface area contributed by atoms with Crippen molar-refractivity contribution in [3.63, 3.8) is 0 Å². The number of rotatable bonds is 9. The molecule has 0 saturated heterocycles. The number of benzene rings is 11. The highest BCUT2D eigenvalue weighted by atomic mass is 15.0. The summed E-state index contributed by atoms with van der Waals surface area (Å²) in [4.78, 5) is 0. The zero-order valence-corrected chi connectivity index (χ0v) is 37.9. The molecule has 69 heavy (non-hydrogen) atoms. The smallest absolute Gasteiger partial charge is 0.0713 e. The first-order valence-corrected chi connectivity index (χ1v) is 23.8. The van der Waals surface area contributed by atoms with Crippen LogP contribution >= 0.6 is 0 Å². The zero-order valence-electron chi connectivity index (χ0n) is 37.9. The fourth-order valence-corrected chi connectivity index (χ4v) is 11.1. The highest BCUT2D eigenvalue weighted by Gasteiger charge is 2.46. The second-order valence-corrected chi connectivity index (χ2v) is 18.1. The average Bonchev–Trinajstić information content (AvgIpc) is 3.91. The SMILES string of the molecule is c1ccc(-c2ccc(Nc3ccc(-c4ccc5c(c4)c4cc6c(cc4n5-c4cccc(-c5ccccc5)c4)-c4ccccc4C6(c4ccccc4)c4ccccc4)cc3-c3ccccc3)cc2)cc1. The molecule has 0 unspecified atom stereocenters. The van der Waals surface area contributed by atoms with Crippen LogP contribution in [0.1, 0.15) is 22.3 Å². The molecule has 1 aliphatic rings. The zero-order chi connectivity index (χ0) is 45.7. The predicted molar refractivity (Wildman–Crippen MR) is 290 cm³/mol. The van der Waals surface area contributed by atoms with Crippen LogP contribution in [-0.2, 0) is 5.41 Å². The Balaban J connectivity index is 1.02. The van der Waals surface area contributed by atoms with E-state index in [0.717, 1.165) is 39.3 Å². The van der Waals surface area contributed by atoms with Crippen molar-refractivity contribution in [1.29, 1.82) is 0 Å². The largest absolute Gasteiger partial charge is 0.355 e. The van der Waals surface area contributed by atoms with Gasteiger partial charge in [0.25, 0.3) is 0 Å². The molecule has 1 aliphatic carbocycles. The van der Waals surface area contributed by atoms with E-state index in [-0.39, 0.29) is 0 Å². The summed E-state index contributed by atoms with van der Waals surface area (Å²) in [6.45, 7) is 0.